The molecule has 0 spiro atoms. The quantitative estimate of drug-likeness (QED) is 0.262. The predicted molar refractivity (Wildman–Crippen MR) is 141 cm³/mol. The molecule has 0 saturated carbocycles. The Morgan fingerprint density at radius 2 is 1.88 bits per heavy atom. The third-order valence-electron chi connectivity index (χ3n) is 5.10. The van der Waals surface area contributed by atoms with Crippen molar-refractivity contribution in [3.63, 3.8) is 0 Å². The zero-order valence-electron chi connectivity index (χ0n) is 18.0. The maximum Gasteiger partial charge on any atom is 0.291 e. The molecule has 9 heteroatoms. The van der Waals surface area contributed by atoms with Crippen LogP contribution in [-0.4, -0.2) is 49.5 Å². The van der Waals surface area contributed by atoms with E-state index in [1.807, 2.05) is 24.3 Å². The molecule has 1 amide bonds. The van der Waals surface area contributed by atoms with Gasteiger partial charge in [-0.1, -0.05) is 12.1 Å². The summed E-state index contributed by atoms with van der Waals surface area (Å²) in [6.45, 7) is 7.39. The van der Waals surface area contributed by atoms with Gasteiger partial charge in [0.15, 0.2) is 11.7 Å². The number of amides is 1. The fourth-order valence-electron chi connectivity index (χ4n) is 3.47. The lowest BCUT2D eigenvalue weighted by molar-refractivity contribution is 0.0996. The van der Waals surface area contributed by atoms with Crippen LogP contribution in [0.1, 0.15) is 23.0 Å². The summed E-state index contributed by atoms with van der Waals surface area (Å²) in [5.41, 5.74) is 1.81. The molecule has 1 aliphatic heterocycles. The van der Waals surface area contributed by atoms with E-state index in [0.29, 0.717) is 12.3 Å². The number of hydrogen-bond donors (Lipinski definition) is 2. The molecule has 32 heavy (non-hydrogen) atoms. The van der Waals surface area contributed by atoms with E-state index >= 15 is 0 Å². The van der Waals surface area contributed by atoms with Crippen molar-refractivity contribution in [1.82, 2.24) is 10.2 Å². The number of nitrogens with one attached hydrogen (secondary N) is 2. The Bertz CT molecular complexity index is 982. The lowest BCUT2D eigenvalue weighted by Gasteiger charge is -2.37. The van der Waals surface area contributed by atoms with Crippen LogP contribution in [0.5, 0.6) is 0 Å². The molecular formula is C23H28IN5O2S. The monoisotopic (exact) mass is 565 g/mol. The summed E-state index contributed by atoms with van der Waals surface area (Å²) in [7, 11) is 0. The Morgan fingerprint density at radius 1 is 1.09 bits per heavy atom. The number of thiophene rings is 1. The van der Waals surface area contributed by atoms with Crippen molar-refractivity contribution >= 4 is 57.9 Å². The standard InChI is InChI=1S/C23H27N5O2S.HI/c1-2-24-23(28-13-11-27(12-14-28)21-6-4-16-31-21)25-17-18-7-9-19(10-8-18)26-22(29)20-5-3-15-30-20;/h3-10,15-16H,2,11-14,17H2,1H3,(H,24,25)(H,26,29);1H. The first-order valence-corrected chi connectivity index (χ1v) is 11.4. The highest BCUT2D eigenvalue weighted by Crippen LogP contribution is 2.22. The summed E-state index contributed by atoms with van der Waals surface area (Å²) in [5, 5.41) is 9.71. The van der Waals surface area contributed by atoms with E-state index in [-0.39, 0.29) is 29.9 Å². The van der Waals surface area contributed by atoms with Crippen molar-refractivity contribution in [2.45, 2.75) is 13.5 Å². The van der Waals surface area contributed by atoms with E-state index in [1.165, 1.54) is 11.3 Å². The fourth-order valence-corrected chi connectivity index (χ4v) is 4.26. The van der Waals surface area contributed by atoms with Gasteiger partial charge in [-0.2, -0.15) is 0 Å². The zero-order chi connectivity index (χ0) is 21.5. The van der Waals surface area contributed by atoms with Crippen molar-refractivity contribution in [3.8, 4) is 0 Å². The molecule has 3 aromatic rings. The normalized spacial score (nSPS) is 14.1. The molecule has 2 aromatic heterocycles. The summed E-state index contributed by atoms with van der Waals surface area (Å²) in [5.74, 6) is 0.985. The average Bonchev–Trinajstić information content (AvgIpc) is 3.52. The molecule has 1 aromatic carbocycles. The lowest BCUT2D eigenvalue weighted by atomic mass is 10.2. The van der Waals surface area contributed by atoms with Crippen LogP contribution in [0.2, 0.25) is 0 Å². The van der Waals surface area contributed by atoms with Crippen LogP contribution in [0.25, 0.3) is 0 Å². The number of nitrogens with zero attached hydrogens (tertiary/aromatic N) is 3. The molecule has 170 valence electrons. The van der Waals surface area contributed by atoms with Gasteiger partial charge in [-0.25, -0.2) is 4.99 Å². The van der Waals surface area contributed by atoms with Gasteiger partial charge < -0.3 is 24.9 Å². The topological polar surface area (TPSA) is 73.1 Å². The molecule has 3 heterocycles. The van der Waals surface area contributed by atoms with Crippen LogP contribution >= 0.6 is 35.3 Å². The number of aliphatic imine (C=N–C) groups is 1. The van der Waals surface area contributed by atoms with E-state index in [9.17, 15) is 4.79 Å². The second kappa shape index (κ2) is 11.9. The third-order valence-corrected chi connectivity index (χ3v) is 6.03. The molecule has 1 saturated heterocycles. The minimum atomic E-state index is -0.258. The first-order valence-electron chi connectivity index (χ1n) is 10.5. The smallest absolute Gasteiger partial charge is 0.291 e. The minimum Gasteiger partial charge on any atom is -0.459 e. The average molecular weight is 565 g/mol. The number of furan rings is 1. The number of carbonyl (C=O) groups is 1. The molecule has 2 N–H and O–H groups in total. The Hall–Kier alpha value is -2.53. The van der Waals surface area contributed by atoms with E-state index in [0.717, 1.165) is 49.9 Å². The van der Waals surface area contributed by atoms with Crippen molar-refractivity contribution in [2.24, 2.45) is 4.99 Å². The number of carbonyl (C=O) groups excluding carboxylic acids is 1. The Balaban J connectivity index is 0.00000289. The van der Waals surface area contributed by atoms with Gasteiger partial charge in [0.25, 0.3) is 5.91 Å². The lowest BCUT2D eigenvalue weighted by Crippen LogP contribution is -2.52. The third kappa shape index (κ3) is 6.26. The molecule has 0 unspecified atom stereocenters. The van der Waals surface area contributed by atoms with Gasteiger partial charge >= 0.3 is 0 Å². The highest BCUT2D eigenvalue weighted by atomic mass is 127. The van der Waals surface area contributed by atoms with E-state index in [1.54, 1.807) is 23.5 Å². The van der Waals surface area contributed by atoms with Crippen molar-refractivity contribution in [3.05, 3.63) is 71.5 Å². The highest BCUT2D eigenvalue weighted by molar-refractivity contribution is 14.0. The maximum atomic E-state index is 12.1. The SMILES string of the molecule is CCNC(=NCc1ccc(NC(=O)c2ccco2)cc1)N1CCN(c2cccs2)CC1.I. The summed E-state index contributed by atoms with van der Waals surface area (Å²) in [6, 6.07) is 15.4. The van der Waals surface area contributed by atoms with Gasteiger partial charge in [0.2, 0.25) is 0 Å². The van der Waals surface area contributed by atoms with Crippen LogP contribution in [-0.2, 0) is 6.54 Å². The van der Waals surface area contributed by atoms with Gasteiger partial charge in [0.1, 0.15) is 0 Å². The van der Waals surface area contributed by atoms with Gasteiger partial charge in [0, 0.05) is 38.4 Å². The molecule has 0 aliphatic carbocycles. The Morgan fingerprint density at radius 3 is 2.50 bits per heavy atom. The first-order chi connectivity index (χ1) is 15.2. The highest BCUT2D eigenvalue weighted by Gasteiger charge is 2.20. The molecule has 0 atom stereocenters. The number of piperazine rings is 1. The van der Waals surface area contributed by atoms with Crippen LogP contribution in [0.3, 0.4) is 0 Å². The van der Waals surface area contributed by atoms with Crippen LogP contribution < -0.4 is 15.5 Å². The van der Waals surface area contributed by atoms with Crippen molar-refractivity contribution in [1.29, 1.82) is 0 Å². The molecule has 1 fully saturated rings. The summed E-state index contributed by atoms with van der Waals surface area (Å²) in [6.07, 6.45) is 1.49. The largest absolute Gasteiger partial charge is 0.459 e. The number of guanidine groups is 1. The summed E-state index contributed by atoms with van der Waals surface area (Å²) >= 11 is 1.79. The Kier molecular flexibility index (Phi) is 8.98. The molecular weight excluding hydrogens is 537 g/mol. The number of rotatable bonds is 6. The summed E-state index contributed by atoms with van der Waals surface area (Å²) in [4.78, 5) is 21.7. The zero-order valence-corrected chi connectivity index (χ0v) is 21.1. The van der Waals surface area contributed by atoms with Crippen LogP contribution in [0.15, 0.2) is 69.6 Å². The van der Waals surface area contributed by atoms with E-state index in [4.69, 9.17) is 9.41 Å². The first kappa shape index (κ1) is 24.1. The van der Waals surface area contributed by atoms with E-state index in [2.05, 4.69) is 44.9 Å². The number of benzene rings is 1. The molecule has 7 nitrogen and oxygen atoms in total. The second-order valence-corrected chi connectivity index (χ2v) is 8.15. The summed E-state index contributed by atoms with van der Waals surface area (Å²) < 4.78 is 5.12. The fraction of sp³-hybridized carbons (Fsp3) is 0.304. The van der Waals surface area contributed by atoms with Gasteiger partial charge in [-0.3, -0.25) is 4.79 Å². The number of halogens is 1. The van der Waals surface area contributed by atoms with Gasteiger partial charge in [0.05, 0.1) is 17.8 Å². The van der Waals surface area contributed by atoms with Crippen LogP contribution in [0.4, 0.5) is 10.7 Å². The Labute approximate surface area is 209 Å². The molecule has 1 aliphatic rings. The maximum absolute atomic E-state index is 12.1. The van der Waals surface area contributed by atoms with Gasteiger partial charge in [-0.05, 0) is 54.3 Å². The van der Waals surface area contributed by atoms with Crippen molar-refractivity contribution < 1.29 is 9.21 Å². The molecule has 0 bridgehead atoms. The molecule has 0 radical (unpaired) electrons. The number of anilines is 2. The molecule has 4 rings (SSSR count). The van der Waals surface area contributed by atoms with Gasteiger partial charge in [-0.15, -0.1) is 35.3 Å². The van der Waals surface area contributed by atoms with Crippen LogP contribution in [0, 0.1) is 0 Å². The minimum absolute atomic E-state index is 0. The predicted octanol–water partition coefficient (Wildman–Crippen LogP) is 4.50. The second-order valence-electron chi connectivity index (χ2n) is 7.22. The van der Waals surface area contributed by atoms with E-state index < -0.39 is 0 Å². The van der Waals surface area contributed by atoms with Crippen molar-refractivity contribution in [2.75, 3.05) is 42.9 Å². The number of hydrogen-bond acceptors (Lipinski definition) is 5.